The number of nitrogens with zero attached hydrogens (tertiary/aromatic N) is 1. The summed E-state index contributed by atoms with van der Waals surface area (Å²) in [5.74, 6) is 0.709. The molecule has 1 aliphatic rings. The molecule has 120 valence electrons. The summed E-state index contributed by atoms with van der Waals surface area (Å²) in [4.78, 5) is 12.1. The molecule has 0 unspecified atom stereocenters. The number of carbonyl (C=O) groups is 1. The SMILES string of the molecule is CCOc1ccc(N[C@@H](C)C(=O)NN=C2CCCCC2)cc1. The Balaban J connectivity index is 1.82. The van der Waals surface area contributed by atoms with Crippen LogP contribution in [0.1, 0.15) is 46.0 Å². The maximum atomic E-state index is 12.1. The highest BCUT2D eigenvalue weighted by atomic mass is 16.5. The van der Waals surface area contributed by atoms with Gasteiger partial charge in [0.2, 0.25) is 0 Å². The average Bonchev–Trinajstić information content (AvgIpc) is 2.55. The lowest BCUT2D eigenvalue weighted by Crippen LogP contribution is -2.35. The van der Waals surface area contributed by atoms with Gasteiger partial charge in [0.1, 0.15) is 11.8 Å². The largest absolute Gasteiger partial charge is 0.494 e. The molecule has 2 rings (SSSR count). The van der Waals surface area contributed by atoms with Crippen molar-refractivity contribution in [2.75, 3.05) is 11.9 Å². The third-order valence-corrected chi connectivity index (χ3v) is 3.70. The van der Waals surface area contributed by atoms with Gasteiger partial charge in [0.05, 0.1) is 6.61 Å². The average molecular weight is 303 g/mol. The number of anilines is 1. The van der Waals surface area contributed by atoms with Crippen LogP contribution in [0.15, 0.2) is 29.4 Å². The van der Waals surface area contributed by atoms with Gasteiger partial charge in [0.15, 0.2) is 0 Å². The van der Waals surface area contributed by atoms with E-state index < -0.39 is 0 Å². The van der Waals surface area contributed by atoms with Crippen molar-refractivity contribution in [2.24, 2.45) is 5.10 Å². The molecular formula is C17H25N3O2. The van der Waals surface area contributed by atoms with E-state index in [1.807, 2.05) is 38.1 Å². The Morgan fingerprint density at radius 2 is 1.91 bits per heavy atom. The minimum atomic E-state index is -0.342. The van der Waals surface area contributed by atoms with Gasteiger partial charge in [-0.1, -0.05) is 6.42 Å². The number of nitrogens with one attached hydrogen (secondary N) is 2. The first-order valence-corrected chi connectivity index (χ1v) is 8.03. The fraction of sp³-hybridized carbons (Fsp3) is 0.529. The van der Waals surface area contributed by atoms with Crippen LogP contribution >= 0.6 is 0 Å². The minimum Gasteiger partial charge on any atom is -0.494 e. The number of amides is 1. The molecule has 0 radical (unpaired) electrons. The Kier molecular flexibility index (Phi) is 6.25. The van der Waals surface area contributed by atoms with Crippen molar-refractivity contribution in [3.05, 3.63) is 24.3 Å². The third-order valence-electron chi connectivity index (χ3n) is 3.70. The highest BCUT2D eigenvalue weighted by molar-refractivity contribution is 5.88. The predicted molar refractivity (Wildman–Crippen MR) is 89.4 cm³/mol. The fourth-order valence-corrected chi connectivity index (χ4v) is 2.43. The number of hydrogen-bond acceptors (Lipinski definition) is 4. The summed E-state index contributed by atoms with van der Waals surface area (Å²) in [5, 5.41) is 7.40. The maximum Gasteiger partial charge on any atom is 0.262 e. The van der Waals surface area contributed by atoms with E-state index >= 15 is 0 Å². The number of carbonyl (C=O) groups excluding carboxylic acids is 1. The first-order chi connectivity index (χ1) is 10.7. The van der Waals surface area contributed by atoms with E-state index in [9.17, 15) is 4.79 Å². The lowest BCUT2D eigenvalue weighted by Gasteiger charge is -2.16. The molecule has 0 saturated heterocycles. The quantitative estimate of drug-likeness (QED) is 0.792. The Labute approximate surface area is 132 Å². The summed E-state index contributed by atoms with van der Waals surface area (Å²) >= 11 is 0. The molecule has 1 atom stereocenters. The molecule has 22 heavy (non-hydrogen) atoms. The standard InChI is InChI=1S/C17H25N3O2/c1-3-22-16-11-9-14(10-12-16)18-13(2)17(21)20-19-15-7-5-4-6-8-15/h9-13,18H,3-8H2,1-2H3,(H,20,21)/t13-/m0/s1. The van der Waals surface area contributed by atoms with Crippen LogP contribution in [0.3, 0.4) is 0 Å². The Morgan fingerprint density at radius 3 is 2.55 bits per heavy atom. The zero-order valence-electron chi connectivity index (χ0n) is 13.4. The van der Waals surface area contributed by atoms with Crippen molar-refractivity contribution in [1.29, 1.82) is 0 Å². The lowest BCUT2D eigenvalue weighted by molar-refractivity contribution is -0.121. The van der Waals surface area contributed by atoms with E-state index in [0.717, 1.165) is 30.0 Å². The smallest absolute Gasteiger partial charge is 0.262 e. The number of hydrazone groups is 1. The summed E-state index contributed by atoms with van der Waals surface area (Å²) < 4.78 is 5.39. The van der Waals surface area contributed by atoms with E-state index in [2.05, 4.69) is 15.8 Å². The molecule has 5 heteroatoms. The van der Waals surface area contributed by atoms with Gasteiger partial charge in [0, 0.05) is 11.4 Å². The highest BCUT2D eigenvalue weighted by Crippen LogP contribution is 2.16. The lowest BCUT2D eigenvalue weighted by atomic mass is 9.99. The van der Waals surface area contributed by atoms with Crippen LogP contribution in [0.5, 0.6) is 5.75 Å². The summed E-state index contributed by atoms with van der Waals surface area (Å²) in [7, 11) is 0. The Morgan fingerprint density at radius 1 is 1.23 bits per heavy atom. The molecule has 0 aliphatic heterocycles. The second-order valence-corrected chi connectivity index (χ2v) is 5.54. The number of benzene rings is 1. The first-order valence-electron chi connectivity index (χ1n) is 8.03. The van der Waals surface area contributed by atoms with Gasteiger partial charge in [-0.3, -0.25) is 4.79 Å². The van der Waals surface area contributed by atoms with Crippen LogP contribution in [0.4, 0.5) is 5.69 Å². The van der Waals surface area contributed by atoms with Crippen molar-refractivity contribution < 1.29 is 9.53 Å². The van der Waals surface area contributed by atoms with Crippen LogP contribution in [0, 0.1) is 0 Å². The maximum absolute atomic E-state index is 12.1. The molecule has 1 aliphatic carbocycles. The van der Waals surface area contributed by atoms with Crippen LogP contribution < -0.4 is 15.5 Å². The first kappa shape index (κ1) is 16.3. The molecule has 5 nitrogen and oxygen atoms in total. The molecule has 0 heterocycles. The summed E-state index contributed by atoms with van der Waals surface area (Å²) in [6.45, 7) is 4.42. The van der Waals surface area contributed by atoms with Gasteiger partial charge in [-0.25, -0.2) is 5.43 Å². The van der Waals surface area contributed by atoms with Crippen LogP contribution in [0.2, 0.25) is 0 Å². The van der Waals surface area contributed by atoms with Crippen molar-refractivity contribution >= 4 is 17.3 Å². The van der Waals surface area contributed by atoms with Crippen LogP contribution in [-0.2, 0) is 4.79 Å². The van der Waals surface area contributed by atoms with Crippen LogP contribution in [-0.4, -0.2) is 24.3 Å². The van der Waals surface area contributed by atoms with Crippen molar-refractivity contribution in [3.63, 3.8) is 0 Å². The molecule has 0 bridgehead atoms. The normalized spacial score (nSPS) is 15.8. The molecule has 1 amide bonds. The molecule has 0 aromatic heterocycles. The topological polar surface area (TPSA) is 62.7 Å². The van der Waals surface area contributed by atoms with E-state index in [4.69, 9.17) is 4.74 Å². The van der Waals surface area contributed by atoms with Crippen LogP contribution in [0.25, 0.3) is 0 Å². The van der Waals surface area contributed by atoms with E-state index in [1.54, 1.807) is 0 Å². The molecular weight excluding hydrogens is 278 g/mol. The van der Waals surface area contributed by atoms with Crippen molar-refractivity contribution in [3.8, 4) is 5.75 Å². The van der Waals surface area contributed by atoms with E-state index in [0.29, 0.717) is 6.61 Å². The Hall–Kier alpha value is -2.04. The molecule has 2 N–H and O–H groups in total. The number of ether oxygens (including phenoxy) is 1. The second-order valence-electron chi connectivity index (χ2n) is 5.54. The summed E-state index contributed by atoms with van der Waals surface area (Å²) in [5.41, 5.74) is 4.66. The zero-order chi connectivity index (χ0) is 15.8. The molecule has 1 aromatic rings. The third kappa shape index (κ3) is 5.06. The van der Waals surface area contributed by atoms with Gasteiger partial charge in [-0.05, 0) is 63.8 Å². The van der Waals surface area contributed by atoms with Gasteiger partial charge in [-0.15, -0.1) is 0 Å². The van der Waals surface area contributed by atoms with Crippen molar-refractivity contribution in [2.45, 2.75) is 52.0 Å². The Bertz CT molecular complexity index is 503. The predicted octanol–water partition coefficient (Wildman–Crippen LogP) is 3.32. The summed E-state index contributed by atoms with van der Waals surface area (Å²) in [6, 6.07) is 7.24. The van der Waals surface area contributed by atoms with E-state index in [-0.39, 0.29) is 11.9 Å². The fourth-order valence-electron chi connectivity index (χ4n) is 2.43. The number of hydrogen-bond donors (Lipinski definition) is 2. The second kappa shape index (κ2) is 8.41. The van der Waals surface area contributed by atoms with Gasteiger partial charge < -0.3 is 10.1 Å². The summed E-state index contributed by atoms with van der Waals surface area (Å²) in [6.07, 6.45) is 5.62. The molecule has 1 aromatic carbocycles. The molecule has 0 spiro atoms. The number of rotatable bonds is 6. The van der Waals surface area contributed by atoms with E-state index in [1.165, 1.54) is 19.3 Å². The minimum absolute atomic E-state index is 0.119. The molecule has 1 saturated carbocycles. The van der Waals surface area contributed by atoms with Gasteiger partial charge in [0.25, 0.3) is 5.91 Å². The van der Waals surface area contributed by atoms with Crippen molar-refractivity contribution in [1.82, 2.24) is 5.43 Å². The zero-order valence-corrected chi connectivity index (χ0v) is 13.4. The molecule has 1 fully saturated rings. The van der Waals surface area contributed by atoms with Gasteiger partial charge in [-0.2, -0.15) is 5.10 Å². The van der Waals surface area contributed by atoms with Gasteiger partial charge >= 0.3 is 0 Å². The highest BCUT2D eigenvalue weighted by Gasteiger charge is 2.13. The monoisotopic (exact) mass is 303 g/mol.